The molecule has 3 heterocycles. The summed E-state index contributed by atoms with van der Waals surface area (Å²) in [7, 11) is 0. The largest absolute Gasteiger partial charge is 0.459 e. The van der Waals surface area contributed by atoms with Gasteiger partial charge in [0.15, 0.2) is 0 Å². The molecule has 0 amide bonds. The van der Waals surface area contributed by atoms with E-state index in [1.165, 1.54) is 0 Å². The minimum Gasteiger partial charge on any atom is -0.459 e. The lowest BCUT2D eigenvalue weighted by atomic mass is 10.2. The molecular weight excluding hydrogens is 336 g/mol. The number of nitrogens with zero attached hydrogens (tertiary/aromatic N) is 4. The summed E-state index contributed by atoms with van der Waals surface area (Å²) >= 11 is 1.69. The van der Waals surface area contributed by atoms with E-state index < -0.39 is 0 Å². The number of thiazole rings is 1. The highest BCUT2D eigenvalue weighted by atomic mass is 32.1. The summed E-state index contributed by atoms with van der Waals surface area (Å²) in [4.78, 5) is 25.8. The molecule has 1 unspecified atom stereocenters. The second kappa shape index (κ2) is 7.93. The Morgan fingerprint density at radius 3 is 2.56 bits per heavy atom. The molecule has 3 rings (SSSR count). The van der Waals surface area contributed by atoms with Crippen LogP contribution in [0.1, 0.15) is 42.2 Å². The van der Waals surface area contributed by atoms with Crippen LogP contribution >= 0.6 is 11.3 Å². The molecule has 1 atom stereocenters. The van der Waals surface area contributed by atoms with E-state index in [0.717, 1.165) is 37.0 Å². The zero-order valence-corrected chi connectivity index (χ0v) is 15.7. The van der Waals surface area contributed by atoms with Crippen molar-refractivity contribution in [1.82, 2.24) is 14.9 Å². The molecule has 1 saturated heterocycles. The first kappa shape index (κ1) is 17.8. The topological polar surface area (TPSA) is 58.6 Å². The molecule has 0 aliphatic carbocycles. The first-order valence-electron chi connectivity index (χ1n) is 8.60. The highest BCUT2D eigenvalue weighted by Crippen LogP contribution is 2.26. The molecule has 0 bridgehead atoms. The first-order valence-corrected chi connectivity index (χ1v) is 9.48. The maximum absolute atomic E-state index is 12.3. The third-order valence-electron chi connectivity index (χ3n) is 4.32. The van der Waals surface area contributed by atoms with Gasteiger partial charge in [0, 0.05) is 44.0 Å². The van der Waals surface area contributed by atoms with Crippen molar-refractivity contribution >= 4 is 23.1 Å². The zero-order valence-electron chi connectivity index (χ0n) is 14.9. The SMILES string of the molecule is CC(C)OC(=O)c1cccnc1N1CCN(C(C)c2nccs2)CC1. The maximum Gasteiger partial charge on any atom is 0.342 e. The van der Waals surface area contributed by atoms with Gasteiger partial charge < -0.3 is 9.64 Å². The van der Waals surface area contributed by atoms with Crippen LogP contribution in [0.2, 0.25) is 0 Å². The van der Waals surface area contributed by atoms with Gasteiger partial charge in [0.2, 0.25) is 0 Å². The van der Waals surface area contributed by atoms with Crippen LogP contribution in [0.4, 0.5) is 5.82 Å². The number of aromatic nitrogens is 2. The molecule has 2 aromatic heterocycles. The Morgan fingerprint density at radius 1 is 1.16 bits per heavy atom. The van der Waals surface area contributed by atoms with Crippen molar-refractivity contribution in [2.75, 3.05) is 31.1 Å². The first-order chi connectivity index (χ1) is 12.1. The van der Waals surface area contributed by atoms with Crippen LogP contribution in [0.3, 0.4) is 0 Å². The molecule has 1 aliphatic heterocycles. The predicted octanol–water partition coefficient (Wildman–Crippen LogP) is 2.99. The lowest BCUT2D eigenvalue weighted by Gasteiger charge is -2.38. The normalized spacial score (nSPS) is 16.9. The number of pyridine rings is 1. The second-order valence-electron chi connectivity index (χ2n) is 6.40. The molecule has 0 radical (unpaired) electrons. The molecule has 0 N–H and O–H groups in total. The average molecular weight is 360 g/mol. The summed E-state index contributed by atoms with van der Waals surface area (Å²) in [6.07, 6.45) is 3.44. The summed E-state index contributed by atoms with van der Waals surface area (Å²) in [5.41, 5.74) is 0.539. The van der Waals surface area contributed by atoms with Gasteiger partial charge >= 0.3 is 5.97 Å². The van der Waals surface area contributed by atoms with Crippen LogP contribution in [0.25, 0.3) is 0 Å². The van der Waals surface area contributed by atoms with E-state index >= 15 is 0 Å². The molecule has 7 heteroatoms. The van der Waals surface area contributed by atoms with E-state index in [9.17, 15) is 4.79 Å². The van der Waals surface area contributed by atoms with Crippen molar-refractivity contribution in [2.45, 2.75) is 32.9 Å². The van der Waals surface area contributed by atoms with Gasteiger partial charge in [0.1, 0.15) is 16.4 Å². The molecule has 25 heavy (non-hydrogen) atoms. The van der Waals surface area contributed by atoms with E-state index in [-0.39, 0.29) is 12.1 Å². The Balaban J connectivity index is 1.68. The van der Waals surface area contributed by atoms with Crippen LogP contribution in [-0.4, -0.2) is 53.1 Å². The Morgan fingerprint density at radius 2 is 1.92 bits per heavy atom. The summed E-state index contributed by atoms with van der Waals surface area (Å²) in [5, 5.41) is 3.16. The number of carbonyl (C=O) groups is 1. The Kier molecular flexibility index (Phi) is 5.65. The fraction of sp³-hybridized carbons (Fsp3) is 0.500. The highest BCUT2D eigenvalue weighted by molar-refractivity contribution is 7.09. The van der Waals surface area contributed by atoms with Gasteiger partial charge in [0.05, 0.1) is 12.1 Å². The molecule has 0 spiro atoms. The van der Waals surface area contributed by atoms with Gasteiger partial charge in [0.25, 0.3) is 0 Å². The van der Waals surface area contributed by atoms with Crippen molar-refractivity contribution in [1.29, 1.82) is 0 Å². The number of anilines is 1. The molecule has 134 valence electrons. The molecule has 0 aromatic carbocycles. The van der Waals surface area contributed by atoms with Crippen molar-refractivity contribution in [3.8, 4) is 0 Å². The van der Waals surface area contributed by atoms with Crippen LogP contribution < -0.4 is 4.90 Å². The van der Waals surface area contributed by atoms with Gasteiger partial charge in [-0.05, 0) is 32.9 Å². The van der Waals surface area contributed by atoms with Gasteiger partial charge in [-0.3, -0.25) is 4.90 Å². The Bertz CT molecular complexity index is 697. The molecule has 2 aromatic rings. The molecular formula is C18H24N4O2S. The quantitative estimate of drug-likeness (QED) is 0.764. The third-order valence-corrected chi connectivity index (χ3v) is 5.27. The van der Waals surface area contributed by atoms with E-state index in [1.54, 1.807) is 29.7 Å². The van der Waals surface area contributed by atoms with Crippen molar-refractivity contribution in [3.63, 3.8) is 0 Å². The average Bonchev–Trinajstić information content (AvgIpc) is 3.15. The summed E-state index contributed by atoms with van der Waals surface area (Å²) < 4.78 is 5.35. The van der Waals surface area contributed by atoms with Crippen molar-refractivity contribution in [2.24, 2.45) is 0 Å². The van der Waals surface area contributed by atoms with Crippen molar-refractivity contribution in [3.05, 3.63) is 40.5 Å². The van der Waals surface area contributed by atoms with E-state index in [1.807, 2.05) is 25.4 Å². The highest BCUT2D eigenvalue weighted by Gasteiger charge is 2.26. The standard InChI is InChI=1S/C18H24N4O2S/c1-13(2)24-18(23)15-5-4-6-19-16(15)22-10-8-21(9-11-22)14(3)17-20-7-12-25-17/h4-7,12-14H,8-11H2,1-3H3. The number of ether oxygens (including phenoxy) is 1. The number of hydrogen-bond acceptors (Lipinski definition) is 7. The number of hydrogen-bond donors (Lipinski definition) is 0. The summed E-state index contributed by atoms with van der Waals surface area (Å²) in [5.74, 6) is 0.409. The zero-order chi connectivity index (χ0) is 17.8. The maximum atomic E-state index is 12.3. The smallest absolute Gasteiger partial charge is 0.342 e. The van der Waals surface area contributed by atoms with Crippen molar-refractivity contribution < 1.29 is 9.53 Å². The predicted molar refractivity (Wildman–Crippen MR) is 99.1 cm³/mol. The van der Waals surface area contributed by atoms with Gasteiger partial charge in [-0.1, -0.05) is 0 Å². The minimum atomic E-state index is -0.309. The summed E-state index contributed by atoms with van der Waals surface area (Å²) in [6, 6.07) is 3.88. The van der Waals surface area contributed by atoms with Gasteiger partial charge in [-0.2, -0.15) is 0 Å². The third kappa shape index (κ3) is 4.16. The van der Waals surface area contributed by atoms with E-state index in [2.05, 4.69) is 26.7 Å². The van der Waals surface area contributed by atoms with Crippen LogP contribution in [0, 0.1) is 0 Å². The molecule has 1 fully saturated rings. The lowest BCUT2D eigenvalue weighted by Crippen LogP contribution is -2.47. The monoisotopic (exact) mass is 360 g/mol. The molecule has 1 aliphatic rings. The van der Waals surface area contributed by atoms with E-state index in [0.29, 0.717) is 11.6 Å². The fourth-order valence-corrected chi connectivity index (χ4v) is 3.73. The van der Waals surface area contributed by atoms with Gasteiger partial charge in [-0.25, -0.2) is 14.8 Å². The Hall–Kier alpha value is -1.99. The number of carbonyl (C=O) groups excluding carboxylic acids is 1. The number of rotatable bonds is 5. The number of esters is 1. The summed E-state index contributed by atoms with van der Waals surface area (Å²) in [6.45, 7) is 9.38. The second-order valence-corrected chi connectivity index (χ2v) is 7.32. The molecule has 0 saturated carbocycles. The van der Waals surface area contributed by atoms with E-state index in [4.69, 9.17) is 4.74 Å². The number of piperazine rings is 1. The minimum absolute atomic E-state index is 0.142. The van der Waals surface area contributed by atoms with Crippen LogP contribution in [-0.2, 0) is 4.74 Å². The van der Waals surface area contributed by atoms with Gasteiger partial charge in [-0.15, -0.1) is 11.3 Å². The fourth-order valence-electron chi connectivity index (χ4n) is 3.00. The van der Waals surface area contributed by atoms with Crippen LogP contribution in [0.15, 0.2) is 29.9 Å². The molecule has 6 nitrogen and oxygen atoms in total. The Labute approximate surface area is 152 Å². The lowest BCUT2D eigenvalue weighted by molar-refractivity contribution is 0.0378. The van der Waals surface area contributed by atoms with Crippen LogP contribution in [0.5, 0.6) is 0 Å².